The van der Waals surface area contributed by atoms with Gasteiger partial charge in [-0.2, -0.15) is 0 Å². The van der Waals surface area contributed by atoms with E-state index in [2.05, 4.69) is 10.3 Å². The number of nitrogens with zero attached hydrogens (tertiary/aromatic N) is 1. The molecule has 1 saturated carbocycles. The lowest BCUT2D eigenvalue weighted by Gasteiger charge is -2.21. The fraction of sp³-hybridized carbons (Fsp3) is 0.571. The fourth-order valence-electron chi connectivity index (χ4n) is 2.40. The molecule has 2 unspecified atom stereocenters. The average Bonchev–Trinajstić information content (AvgIpc) is 2.56. The normalized spacial score (nSPS) is 24.3. The van der Waals surface area contributed by atoms with Crippen LogP contribution >= 0.6 is 0 Å². The molecule has 0 radical (unpaired) electrons. The number of aliphatic hydroxyl groups is 1. The maximum Gasteiger partial charge on any atom is 0.224 e. The van der Waals surface area contributed by atoms with Crippen LogP contribution in [-0.2, 0) is 11.2 Å². The topological polar surface area (TPSA) is 62.2 Å². The zero-order chi connectivity index (χ0) is 12.8. The van der Waals surface area contributed by atoms with E-state index >= 15 is 0 Å². The van der Waals surface area contributed by atoms with Gasteiger partial charge >= 0.3 is 0 Å². The Morgan fingerprint density at radius 1 is 1.39 bits per heavy atom. The third kappa shape index (κ3) is 3.81. The summed E-state index contributed by atoms with van der Waals surface area (Å²) in [6.07, 6.45) is 8.26. The molecule has 1 fully saturated rings. The predicted molar refractivity (Wildman–Crippen MR) is 69.0 cm³/mol. The first kappa shape index (κ1) is 13.0. The number of hydrogen-bond acceptors (Lipinski definition) is 3. The zero-order valence-corrected chi connectivity index (χ0v) is 10.5. The summed E-state index contributed by atoms with van der Waals surface area (Å²) in [4.78, 5) is 15.9. The van der Waals surface area contributed by atoms with Crippen molar-refractivity contribution >= 4 is 5.91 Å². The van der Waals surface area contributed by atoms with Crippen LogP contribution in [0.1, 0.15) is 37.7 Å². The molecule has 1 aromatic heterocycles. The van der Waals surface area contributed by atoms with Crippen molar-refractivity contribution in [2.75, 3.05) is 0 Å². The molecule has 4 heteroatoms. The Morgan fingerprint density at radius 2 is 2.22 bits per heavy atom. The van der Waals surface area contributed by atoms with Crippen molar-refractivity contribution in [3.8, 4) is 0 Å². The number of carbonyl (C=O) groups is 1. The van der Waals surface area contributed by atoms with Gasteiger partial charge in [0.15, 0.2) is 0 Å². The summed E-state index contributed by atoms with van der Waals surface area (Å²) in [5.74, 6) is -0.0334. The molecule has 0 bridgehead atoms. The zero-order valence-electron chi connectivity index (χ0n) is 10.5. The summed E-state index contributed by atoms with van der Waals surface area (Å²) in [7, 11) is 0. The van der Waals surface area contributed by atoms with E-state index in [1.165, 1.54) is 0 Å². The molecule has 1 heterocycles. The van der Waals surface area contributed by atoms with E-state index in [1.807, 2.05) is 12.1 Å². The largest absolute Gasteiger partial charge is 0.391 e. The number of hydrogen-bond donors (Lipinski definition) is 2. The van der Waals surface area contributed by atoms with E-state index in [1.54, 1.807) is 12.4 Å². The minimum Gasteiger partial charge on any atom is -0.391 e. The van der Waals surface area contributed by atoms with Crippen LogP contribution in [-0.4, -0.2) is 28.1 Å². The SMILES string of the molecule is O=C(Cc1cccnc1)NC1CCCCCC1O. The van der Waals surface area contributed by atoms with Gasteiger partial charge in [0.1, 0.15) is 0 Å². The van der Waals surface area contributed by atoms with Gasteiger partial charge in [-0.15, -0.1) is 0 Å². The van der Waals surface area contributed by atoms with Gasteiger partial charge in [0.05, 0.1) is 18.6 Å². The number of aromatic nitrogens is 1. The standard InChI is InChI=1S/C14H20N2O2/c17-13-7-3-1-2-6-12(13)16-14(18)9-11-5-4-8-15-10-11/h4-5,8,10,12-13,17H,1-3,6-7,9H2,(H,16,18). The predicted octanol–water partition coefficient (Wildman–Crippen LogP) is 1.43. The second-order valence-corrected chi connectivity index (χ2v) is 4.92. The monoisotopic (exact) mass is 248 g/mol. The number of amides is 1. The van der Waals surface area contributed by atoms with Gasteiger partial charge in [0.25, 0.3) is 0 Å². The van der Waals surface area contributed by atoms with Gasteiger partial charge in [-0.1, -0.05) is 25.3 Å². The van der Waals surface area contributed by atoms with E-state index < -0.39 is 6.10 Å². The van der Waals surface area contributed by atoms with Gasteiger partial charge in [0.2, 0.25) is 5.91 Å². The van der Waals surface area contributed by atoms with Crippen molar-refractivity contribution < 1.29 is 9.90 Å². The van der Waals surface area contributed by atoms with E-state index in [0.29, 0.717) is 6.42 Å². The third-order valence-corrected chi connectivity index (χ3v) is 3.41. The van der Waals surface area contributed by atoms with Gasteiger partial charge in [-0.05, 0) is 24.5 Å². The summed E-state index contributed by atoms with van der Waals surface area (Å²) in [5.41, 5.74) is 0.901. The Kier molecular flexibility index (Phi) is 4.70. The highest BCUT2D eigenvalue weighted by Gasteiger charge is 2.22. The number of rotatable bonds is 3. The molecule has 1 aromatic rings. The highest BCUT2D eigenvalue weighted by molar-refractivity contribution is 5.78. The molecule has 1 aliphatic rings. The number of aliphatic hydroxyl groups excluding tert-OH is 1. The van der Waals surface area contributed by atoms with Gasteiger partial charge < -0.3 is 10.4 Å². The first-order valence-corrected chi connectivity index (χ1v) is 6.62. The van der Waals surface area contributed by atoms with Crippen molar-refractivity contribution in [3.05, 3.63) is 30.1 Å². The minimum absolute atomic E-state index is 0.0334. The second-order valence-electron chi connectivity index (χ2n) is 4.92. The van der Waals surface area contributed by atoms with E-state index in [-0.39, 0.29) is 11.9 Å². The molecule has 18 heavy (non-hydrogen) atoms. The molecule has 98 valence electrons. The Balaban J connectivity index is 1.86. The van der Waals surface area contributed by atoms with Crippen molar-refractivity contribution in [1.82, 2.24) is 10.3 Å². The summed E-state index contributed by atoms with van der Waals surface area (Å²) >= 11 is 0. The summed E-state index contributed by atoms with van der Waals surface area (Å²) in [6.45, 7) is 0. The van der Waals surface area contributed by atoms with Crippen LogP contribution in [0.5, 0.6) is 0 Å². The molecular weight excluding hydrogens is 228 g/mol. The Hall–Kier alpha value is -1.42. The molecule has 4 nitrogen and oxygen atoms in total. The maximum atomic E-state index is 11.9. The molecule has 2 N–H and O–H groups in total. The highest BCUT2D eigenvalue weighted by atomic mass is 16.3. The molecular formula is C14H20N2O2. The number of carbonyl (C=O) groups excluding carboxylic acids is 1. The van der Waals surface area contributed by atoms with Crippen molar-refractivity contribution in [2.45, 2.75) is 50.7 Å². The minimum atomic E-state index is -0.398. The van der Waals surface area contributed by atoms with Crippen molar-refractivity contribution in [2.24, 2.45) is 0 Å². The Labute approximate surface area is 107 Å². The molecule has 0 spiro atoms. The summed E-state index contributed by atoms with van der Waals surface area (Å²) < 4.78 is 0. The lowest BCUT2D eigenvalue weighted by molar-refractivity contribution is -0.122. The Morgan fingerprint density at radius 3 is 3.00 bits per heavy atom. The lowest BCUT2D eigenvalue weighted by atomic mass is 10.1. The van der Waals surface area contributed by atoms with E-state index in [9.17, 15) is 9.90 Å². The first-order chi connectivity index (χ1) is 8.75. The van der Waals surface area contributed by atoms with Gasteiger partial charge in [-0.25, -0.2) is 0 Å². The third-order valence-electron chi connectivity index (χ3n) is 3.41. The van der Waals surface area contributed by atoms with Gasteiger partial charge in [-0.3, -0.25) is 9.78 Å². The lowest BCUT2D eigenvalue weighted by Crippen LogP contribution is -2.43. The quantitative estimate of drug-likeness (QED) is 0.796. The van der Waals surface area contributed by atoms with Crippen molar-refractivity contribution in [1.29, 1.82) is 0 Å². The molecule has 1 aliphatic carbocycles. The fourth-order valence-corrected chi connectivity index (χ4v) is 2.40. The van der Waals surface area contributed by atoms with E-state index in [4.69, 9.17) is 0 Å². The molecule has 2 atom stereocenters. The Bertz CT molecular complexity index is 381. The number of pyridine rings is 1. The van der Waals surface area contributed by atoms with Crippen LogP contribution in [0.3, 0.4) is 0 Å². The van der Waals surface area contributed by atoms with Crippen LogP contribution in [0.2, 0.25) is 0 Å². The molecule has 0 aromatic carbocycles. The van der Waals surface area contributed by atoms with Gasteiger partial charge in [0, 0.05) is 12.4 Å². The smallest absolute Gasteiger partial charge is 0.224 e. The molecule has 1 amide bonds. The van der Waals surface area contributed by atoms with Crippen LogP contribution in [0.25, 0.3) is 0 Å². The van der Waals surface area contributed by atoms with E-state index in [0.717, 1.165) is 37.7 Å². The average molecular weight is 248 g/mol. The van der Waals surface area contributed by atoms with Crippen LogP contribution in [0.4, 0.5) is 0 Å². The first-order valence-electron chi connectivity index (χ1n) is 6.62. The molecule has 0 saturated heterocycles. The van der Waals surface area contributed by atoms with Crippen LogP contribution in [0, 0.1) is 0 Å². The van der Waals surface area contributed by atoms with Crippen LogP contribution < -0.4 is 5.32 Å². The number of nitrogens with one attached hydrogen (secondary N) is 1. The maximum absolute atomic E-state index is 11.9. The van der Waals surface area contributed by atoms with Crippen LogP contribution in [0.15, 0.2) is 24.5 Å². The molecule has 0 aliphatic heterocycles. The summed E-state index contributed by atoms with van der Waals surface area (Å²) in [6, 6.07) is 3.62. The second kappa shape index (κ2) is 6.50. The van der Waals surface area contributed by atoms with Crippen molar-refractivity contribution in [3.63, 3.8) is 0 Å². The summed E-state index contributed by atoms with van der Waals surface area (Å²) in [5, 5.41) is 12.9. The highest BCUT2D eigenvalue weighted by Crippen LogP contribution is 2.18. The molecule has 2 rings (SSSR count).